The zero-order valence-electron chi connectivity index (χ0n) is 17.6. The normalized spacial score (nSPS) is 16.4. The van der Waals surface area contributed by atoms with Crippen LogP contribution in [0.25, 0.3) is 0 Å². The first-order valence-electron chi connectivity index (χ1n) is 9.67. The van der Waals surface area contributed by atoms with Crippen molar-refractivity contribution < 1.29 is 4.79 Å². The summed E-state index contributed by atoms with van der Waals surface area (Å²) in [6.07, 6.45) is 12.1. The van der Waals surface area contributed by atoms with Crippen LogP contribution in [-0.4, -0.2) is 35.2 Å². The molecule has 4 nitrogen and oxygen atoms in total. The van der Waals surface area contributed by atoms with Gasteiger partial charge in [-0.1, -0.05) is 65.2 Å². The molecule has 0 fully saturated rings. The standard InChI is InChI=1S/C24H27Cl2N3O/c1-5-9-19-16-28(4)17-29(24(19)30)27-23(21-11-7-8-12-22(21)26)15-18(3)13-14-20(25)10-6-2/h5-8,10-14,16H,1,9,15,17H2,2-4H3/b10-6-,18-13+,20-14+,27-23+. The highest BCUT2D eigenvalue weighted by molar-refractivity contribution is 6.34. The van der Waals surface area contributed by atoms with E-state index >= 15 is 0 Å². The minimum absolute atomic E-state index is 0.129. The molecule has 158 valence electrons. The predicted molar refractivity (Wildman–Crippen MR) is 127 cm³/mol. The van der Waals surface area contributed by atoms with Gasteiger partial charge in [0.1, 0.15) is 6.67 Å². The van der Waals surface area contributed by atoms with Crippen LogP contribution in [0.15, 0.2) is 88.7 Å². The number of hydrogen-bond donors (Lipinski definition) is 0. The molecule has 0 spiro atoms. The lowest BCUT2D eigenvalue weighted by atomic mass is 10.0. The van der Waals surface area contributed by atoms with Crippen LogP contribution >= 0.6 is 23.2 Å². The summed E-state index contributed by atoms with van der Waals surface area (Å²) in [6.45, 7) is 8.01. The molecule has 0 aromatic heterocycles. The van der Waals surface area contributed by atoms with E-state index in [2.05, 4.69) is 6.58 Å². The van der Waals surface area contributed by atoms with E-state index in [4.69, 9.17) is 28.3 Å². The first kappa shape index (κ1) is 23.7. The third kappa shape index (κ3) is 6.75. The van der Waals surface area contributed by atoms with Crippen molar-refractivity contribution in [2.75, 3.05) is 13.7 Å². The van der Waals surface area contributed by atoms with Crippen molar-refractivity contribution in [2.24, 2.45) is 5.10 Å². The summed E-state index contributed by atoms with van der Waals surface area (Å²) < 4.78 is 0. The van der Waals surface area contributed by atoms with Gasteiger partial charge in [0.15, 0.2) is 0 Å². The van der Waals surface area contributed by atoms with Gasteiger partial charge in [0.05, 0.1) is 5.71 Å². The Morgan fingerprint density at radius 1 is 1.30 bits per heavy atom. The molecule has 1 heterocycles. The fourth-order valence-corrected chi connectivity index (χ4v) is 3.39. The molecule has 30 heavy (non-hydrogen) atoms. The van der Waals surface area contributed by atoms with Gasteiger partial charge < -0.3 is 4.90 Å². The third-order valence-electron chi connectivity index (χ3n) is 4.33. The fraction of sp³-hybridized carbons (Fsp3) is 0.250. The molecular weight excluding hydrogens is 417 g/mol. The van der Waals surface area contributed by atoms with E-state index in [0.717, 1.165) is 11.1 Å². The summed E-state index contributed by atoms with van der Waals surface area (Å²) in [7, 11) is 1.91. The number of allylic oxidation sites excluding steroid dienone is 7. The molecule has 0 unspecified atom stereocenters. The summed E-state index contributed by atoms with van der Waals surface area (Å²) >= 11 is 12.6. The van der Waals surface area contributed by atoms with Gasteiger partial charge >= 0.3 is 0 Å². The Balaban J connectivity index is 2.42. The van der Waals surface area contributed by atoms with Crippen LogP contribution in [0.2, 0.25) is 5.02 Å². The van der Waals surface area contributed by atoms with Crippen molar-refractivity contribution in [3.8, 4) is 0 Å². The molecule has 1 amide bonds. The highest BCUT2D eigenvalue weighted by Gasteiger charge is 2.24. The van der Waals surface area contributed by atoms with Crippen molar-refractivity contribution in [3.63, 3.8) is 0 Å². The molecule has 0 atom stereocenters. The largest absolute Gasteiger partial charge is 0.361 e. The van der Waals surface area contributed by atoms with Gasteiger partial charge in [-0.05, 0) is 38.5 Å². The summed E-state index contributed by atoms with van der Waals surface area (Å²) in [4.78, 5) is 14.8. The van der Waals surface area contributed by atoms with E-state index in [1.54, 1.807) is 6.08 Å². The van der Waals surface area contributed by atoms with Gasteiger partial charge in [-0.25, -0.2) is 5.01 Å². The molecular formula is C24H27Cl2N3O. The molecule has 0 bridgehead atoms. The van der Waals surface area contributed by atoms with Crippen molar-refractivity contribution in [1.29, 1.82) is 0 Å². The molecule has 1 aromatic carbocycles. The SMILES string of the molecule is C=CCC1=CN(C)CN(/N=C(\C/C(C)=C/C=C(Cl)\C=C/C)c2ccccc2Cl)C1=O. The Bertz CT molecular complexity index is 942. The minimum atomic E-state index is -0.129. The van der Waals surface area contributed by atoms with Crippen LogP contribution in [0.3, 0.4) is 0 Å². The van der Waals surface area contributed by atoms with E-state index < -0.39 is 0 Å². The highest BCUT2D eigenvalue weighted by Crippen LogP contribution is 2.22. The third-order valence-corrected chi connectivity index (χ3v) is 4.91. The zero-order chi connectivity index (χ0) is 22.1. The van der Waals surface area contributed by atoms with Crippen molar-refractivity contribution in [3.05, 3.63) is 94.2 Å². The van der Waals surface area contributed by atoms with Crippen molar-refractivity contribution in [2.45, 2.75) is 26.7 Å². The molecule has 2 rings (SSSR count). The van der Waals surface area contributed by atoms with E-state index in [0.29, 0.717) is 40.9 Å². The number of rotatable bonds is 8. The number of halogens is 2. The number of nitrogens with zero attached hydrogens (tertiary/aromatic N) is 3. The van der Waals surface area contributed by atoms with Gasteiger partial charge in [0, 0.05) is 40.9 Å². The molecule has 0 radical (unpaired) electrons. The molecule has 1 aliphatic heterocycles. The quantitative estimate of drug-likeness (QED) is 0.269. The minimum Gasteiger partial charge on any atom is -0.361 e. The Morgan fingerprint density at radius 3 is 2.70 bits per heavy atom. The lowest BCUT2D eigenvalue weighted by Crippen LogP contribution is -2.40. The van der Waals surface area contributed by atoms with Crippen LogP contribution < -0.4 is 0 Å². The summed E-state index contributed by atoms with van der Waals surface area (Å²) in [5.74, 6) is -0.129. The van der Waals surface area contributed by atoms with Gasteiger partial charge in [0.2, 0.25) is 0 Å². The van der Waals surface area contributed by atoms with E-state index in [1.165, 1.54) is 5.01 Å². The van der Waals surface area contributed by atoms with Crippen LogP contribution in [0.5, 0.6) is 0 Å². The summed E-state index contributed by atoms with van der Waals surface area (Å²) in [5.41, 5.74) is 3.20. The van der Waals surface area contributed by atoms with Crippen molar-refractivity contribution in [1.82, 2.24) is 9.91 Å². The molecule has 1 aliphatic rings. The molecule has 0 N–H and O–H groups in total. The topological polar surface area (TPSA) is 35.9 Å². The number of hydrazone groups is 1. The average Bonchev–Trinajstić information content (AvgIpc) is 2.70. The number of amides is 1. The number of hydrogen-bond acceptors (Lipinski definition) is 3. The number of benzene rings is 1. The highest BCUT2D eigenvalue weighted by atomic mass is 35.5. The van der Waals surface area contributed by atoms with Crippen LogP contribution in [0.1, 0.15) is 32.3 Å². The Labute approximate surface area is 189 Å². The Morgan fingerprint density at radius 2 is 2.03 bits per heavy atom. The van der Waals surface area contributed by atoms with Crippen LogP contribution in [0, 0.1) is 0 Å². The van der Waals surface area contributed by atoms with Gasteiger partial charge in [0.25, 0.3) is 5.91 Å². The number of carbonyl (C=O) groups excluding carboxylic acids is 1. The molecule has 0 aliphatic carbocycles. The maximum Gasteiger partial charge on any atom is 0.273 e. The lowest BCUT2D eigenvalue weighted by molar-refractivity contribution is -0.130. The monoisotopic (exact) mass is 443 g/mol. The maximum atomic E-state index is 12.9. The van der Waals surface area contributed by atoms with E-state index in [1.807, 2.05) is 80.6 Å². The smallest absolute Gasteiger partial charge is 0.273 e. The maximum absolute atomic E-state index is 12.9. The van der Waals surface area contributed by atoms with E-state index in [-0.39, 0.29) is 5.91 Å². The molecule has 0 saturated heterocycles. The average molecular weight is 444 g/mol. The summed E-state index contributed by atoms with van der Waals surface area (Å²) in [6, 6.07) is 7.51. The molecule has 6 heteroatoms. The first-order valence-corrected chi connectivity index (χ1v) is 10.4. The first-order chi connectivity index (χ1) is 14.3. The Hall–Kier alpha value is -2.56. The van der Waals surface area contributed by atoms with Gasteiger partial charge in [-0.3, -0.25) is 4.79 Å². The van der Waals surface area contributed by atoms with Crippen LogP contribution in [0.4, 0.5) is 0 Å². The zero-order valence-corrected chi connectivity index (χ0v) is 19.1. The molecule has 1 aromatic rings. The van der Waals surface area contributed by atoms with E-state index in [9.17, 15) is 4.79 Å². The van der Waals surface area contributed by atoms with Gasteiger partial charge in [-0.15, -0.1) is 6.58 Å². The fourth-order valence-electron chi connectivity index (χ4n) is 2.96. The number of carbonyl (C=O) groups is 1. The molecule has 0 saturated carbocycles. The second-order valence-corrected chi connectivity index (χ2v) is 7.86. The van der Waals surface area contributed by atoms with Crippen LogP contribution in [-0.2, 0) is 4.79 Å². The van der Waals surface area contributed by atoms with Crippen molar-refractivity contribution >= 4 is 34.8 Å². The predicted octanol–water partition coefficient (Wildman–Crippen LogP) is 6.27. The Kier molecular flexibility index (Phi) is 9.15. The second-order valence-electron chi connectivity index (χ2n) is 7.02. The second kappa shape index (κ2) is 11.6. The summed E-state index contributed by atoms with van der Waals surface area (Å²) in [5, 5.41) is 7.43. The lowest BCUT2D eigenvalue weighted by Gasteiger charge is -2.30. The van der Waals surface area contributed by atoms with Gasteiger partial charge in [-0.2, -0.15) is 5.10 Å².